The van der Waals surface area contributed by atoms with Gasteiger partial charge in [-0.3, -0.25) is 4.79 Å². The molecule has 2 aliphatic rings. The molecule has 0 bridgehead atoms. The van der Waals surface area contributed by atoms with Crippen LogP contribution in [0.25, 0.3) is 21.5 Å². The normalized spacial score (nSPS) is 17.6. The van der Waals surface area contributed by atoms with Crippen LogP contribution in [0.1, 0.15) is 84.3 Å². The summed E-state index contributed by atoms with van der Waals surface area (Å²) in [5, 5.41) is 14.3. The number of anilines is 1. The van der Waals surface area contributed by atoms with Gasteiger partial charge < -0.3 is 10.0 Å². The molecule has 4 aromatic rings. The number of allylic oxidation sites excluding steroid dienone is 6. The van der Waals surface area contributed by atoms with Crippen LogP contribution in [-0.2, 0) is 15.6 Å². The van der Waals surface area contributed by atoms with E-state index in [1.165, 1.54) is 55.5 Å². The summed E-state index contributed by atoms with van der Waals surface area (Å²) in [4.78, 5) is 13.6. The molecule has 2 aliphatic heterocycles. The van der Waals surface area contributed by atoms with E-state index in [0.717, 1.165) is 38.8 Å². The van der Waals surface area contributed by atoms with Crippen molar-refractivity contribution in [2.24, 2.45) is 0 Å². The maximum Gasteiger partial charge on any atom is 0.303 e. The Kier molecular flexibility index (Phi) is 9.23. The maximum absolute atomic E-state index is 11.1. The Hall–Kier alpha value is -4.44. The monoisotopic (exact) mass is 625 g/mol. The third-order valence-corrected chi connectivity index (χ3v) is 10.2. The van der Waals surface area contributed by atoms with Gasteiger partial charge >= 0.3 is 5.97 Å². The topological polar surface area (TPSA) is 43.5 Å². The fraction of sp³-hybridized carbons (Fsp3) is 0.349. The van der Waals surface area contributed by atoms with Crippen molar-refractivity contribution in [3.8, 4) is 0 Å². The van der Waals surface area contributed by atoms with E-state index in [2.05, 4.69) is 147 Å². The molecule has 0 saturated heterocycles. The highest BCUT2D eigenvalue weighted by atomic mass is 16.4. The summed E-state index contributed by atoms with van der Waals surface area (Å²) in [6, 6.07) is 26.5. The smallest absolute Gasteiger partial charge is 0.303 e. The van der Waals surface area contributed by atoms with Crippen molar-refractivity contribution < 1.29 is 14.5 Å². The van der Waals surface area contributed by atoms with Gasteiger partial charge in [0.1, 0.15) is 6.54 Å². The molecule has 0 unspecified atom stereocenters. The number of carboxylic acid groups (broad SMARTS) is 1. The minimum atomic E-state index is -0.715. The first-order valence-corrected chi connectivity index (χ1v) is 17.4. The molecule has 4 heteroatoms. The fourth-order valence-electron chi connectivity index (χ4n) is 7.95. The van der Waals surface area contributed by atoms with Crippen LogP contribution in [-0.4, -0.2) is 34.5 Å². The van der Waals surface area contributed by atoms with Crippen LogP contribution in [0.3, 0.4) is 0 Å². The average molecular weight is 626 g/mol. The second kappa shape index (κ2) is 13.4. The first kappa shape index (κ1) is 32.5. The van der Waals surface area contributed by atoms with E-state index in [9.17, 15) is 4.79 Å². The zero-order valence-electron chi connectivity index (χ0n) is 28.7. The highest BCUT2D eigenvalue weighted by molar-refractivity contribution is 6.07. The number of hydrogen-bond acceptors (Lipinski definition) is 2. The molecule has 2 heterocycles. The Morgan fingerprint density at radius 2 is 1.45 bits per heavy atom. The van der Waals surface area contributed by atoms with Gasteiger partial charge in [-0.05, 0) is 78.4 Å². The minimum Gasteiger partial charge on any atom is -0.481 e. The number of nitrogens with zero attached hydrogens (tertiary/aromatic N) is 2. The third kappa shape index (κ3) is 6.06. The predicted octanol–water partition coefficient (Wildman–Crippen LogP) is 10.6. The maximum atomic E-state index is 11.1. The van der Waals surface area contributed by atoms with Crippen LogP contribution >= 0.6 is 0 Å². The van der Waals surface area contributed by atoms with E-state index < -0.39 is 5.97 Å². The SMILES string of the molecule is CCCCN1C(=CC=CC=CC2=[N+](CCCCCC(=O)O)c3ccc4ccccc4c3C2(C)C)C(C)(C)c2c1ccc1ccccc21. The van der Waals surface area contributed by atoms with Crippen LogP contribution in [0.2, 0.25) is 0 Å². The highest BCUT2D eigenvalue weighted by Crippen LogP contribution is 2.51. The Bertz CT molecular complexity index is 1940. The van der Waals surface area contributed by atoms with E-state index in [-0.39, 0.29) is 17.3 Å². The third-order valence-electron chi connectivity index (χ3n) is 10.2. The molecule has 4 aromatic carbocycles. The van der Waals surface area contributed by atoms with Gasteiger partial charge in [0, 0.05) is 53.9 Å². The minimum absolute atomic E-state index is 0.111. The molecule has 1 N–H and O–H groups in total. The lowest BCUT2D eigenvalue weighted by atomic mass is 9.79. The van der Waals surface area contributed by atoms with Crippen molar-refractivity contribution in [1.82, 2.24) is 0 Å². The lowest BCUT2D eigenvalue weighted by Gasteiger charge is -2.27. The summed E-state index contributed by atoms with van der Waals surface area (Å²) in [5.74, 6) is -0.715. The molecule has 0 spiro atoms. The fourth-order valence-corrected chi connectivity index (χ4v) is 7.95. The molecule has 0 atom stereocenters. The molecule has 0 fully saturated rings. The lowest BCUT2D eigenvalue weighted by Crippen LogP contribution is -2.28. The van der Waals surface area contributed by atoms with Crippen LogP contribution in [0.15, 0.2) is 109 Å². The van der Waals surface area contributed by atoms with E-state index in [1.54, 1.807) is 0 Å². The molecule has 242 valence electrons. The second-order valence-electron chi connectivity index (χ2n) is 14.2. The first-order chi connectivity index (χ1) is 22.7. The number of hydrogen-bond donors (Lipinski definition) is 1. The number of unbranched alkanes of at least 4 members (excludes halogenated alkanes) is 3. The molecule has 47 heavy (non-hydrogen) atoms. The Morgan fingerprint density at radius 3 is 2.15 bits per heavy atom. The van der Waals surface area contributed by atoms with Gasteiger partial charge in [-0.1, -0.05) is 100 Å². The molecule has 0 amide bonds. The van der Waals surface area contributed by atoms with Gasteiger partial charge in [-0.2, -0.15) is 4.58 Å². The lowest BCUT2D eigenvalue weighted by molar-refractivity contribution is -0.438. The average Bonchev–Trinajstić information content (AvgIpc) is 3.41. The summed E-state index contributed by atoms with van der Waals surface area (Å²) >= 11 is 0. The van der Waals surface area contributed by atoms with Gasteiger partial charge in [0.15, 0.2) is 5.71 Å². The Morgan fingerprint density at radius 1 is 0.766 bits per heavy atom. The zero-order chi connectivity index (χ0) is 33.2. The Balaban J connectivity index is 1.32. The molecule has 0 radical (unpaired) electrons. The molecule has 0 aliphatic carbocycles. The number of fused-ring (bicyclic) bond motifs is 6. The highest BCUT2D eigenvalue weighted by Gasteiger charge is 2.45. The van der Waals surface area contributed by atoms with Gasteiger partial charge in [-0.15, -0.1) is 0 Å². The number of carboxylic acids is 1. The number of benzene rings is 4. The molecule has 4 nitrogen and oxygen atoms in total. The molecular weight excluding hydrogens is 576 g/mol. The van der Waals surface area contributed by atoms with E-state index >= 15 is 0 Å². The second-order valence-corrected chi connectivity index (χ2v) is 14.2. The molecule has 6 rings (SSSR count). The summed E-state index contributed by atoms with van der Waals surface area (Å²) in [6.45, 7) is 13.6. The van der Waals surface area contributed by atoms with Crippen molar-refractivity contribution in [3.05, 3.63) is 120 Å². The largest absolute Gasteiger partial charge is 0.481 e. The van der Waals surface area contributed by atoms with Gasteiger partial charge in [0.2, 0.25) is 5.69 Å². The van der Waals surface area contributed by atoms with Crippen molar-refractivity contribution >= 4 is 44.6 Å². The van der Waals surface area contributed by atoms with Crippen LogP contribution in [0.5, 0.6) is 0 Å². The van der Waals surface area contributed by atoms with Crippen molar-refractivity contribution in [3.63, 3.8) is 0 Å². The number of aliphatic carboxylic acids is 1. The van der Waals surface area contributed by atoms with Crippen LogP contribution in [0.4, 0.5) is 11.4 Å². The summed E-state index contributed by atoms with van der Waals surface area (Å²) in [6.07, 6.45) is 16.3. The van der Waals surface area contributed by atoms with Crippen molar-refractivity contribution in [1.29, 1.82) is 0 Å². The number of rotatable bonds is 12. The van der Waals surface area contributed by atoms with Crippen LogP contribution in [0, 0.1) is 0 Å². The standard InChI is InChI=1S/C43H48N2O2/c1-6-7-29-44-35-27-25-31-18-13-15-20-33(31)40(35)42(2,3)37(44)22-10-8-11-23-38-43(4,5)41-34-21-16-14-19-32(34)26-28-36(41)45(38)30-17-9-12-24-39(46)47/h8,10-11,13-16,18-23,25-28H,6-7,9,12,17,24,29-30H2,1-5H3/p+1. The Labute approximate surface area is 280 Å². The number of carbonyl (C=O) groups is 1. The summed E-state index contributed by atoms with van der Waals surface area (Å²) < 4.78 is 2.47. The zero-order valence-corrected chi connectivity index (χ0v) is 28.7. The van der Waals surface area contributed by atoms with Crippen molar-refractivity contribution in [2.75, 3.05) is 18.0 Å². The van der Waals surface area contributed by atoms with E-state index in [4.69, 9.17) is 5.11 Å². The van der Waals surface area contributed by atoms with E-state index in [0.29, 0.717) is 6.42 Å². The van der Waals surface area contributed by atoms with Crippen LogP contribution < -0.4 is 4.90 Å². The quantitative estimate of drug-likeness (QED) is 0.0968. The van der Waals surface area contributed by atoms with Gasteiger partial charge in [-0.25, -0.2) is 0 Å². The summed E-state index contributed by atoms with van der Waals surface area (Å²) in [7, 11) is 0. The van der Waals surface area contributed by atoms with Gasteiger partial charge in [0.25, 0.3) is 0 Å². The summed E-state index contributed by atoms with van der Waals surface area (Å²) in [5.41, 5.74) is 7.74. The predicted molar refractivity (Wildman–Crippen MR) is 198 cm³/mol. The molecule has 0 aromatic heterocycles. The van der Waals surface area contributed by atoms with Crippen molar-refractivity contribution in [2.45, 2.75) is 84.0 Å². The first-order valence-electron chi connectivity index (χ1n) is 17.4. The molecule has 0 saturated carbocycles. The van der Waals surface area contributed by atoms with Gasteiger partial charge in [0.05, 0.1) is 5.41 Å². The molecular formula is C43H49N2O2+. The van der Waals surface area contributed by atoms with E-state index in [1.807, 2.05) is 0 Å².